The molecule has 0 saturated carbocycles. The Morgan fingerprint density at radius 2 is 1.89 bits per heavy atom. The Hall–Kier alpha value is -1.94. The average molecular weight is 255 g/mol. The van der Waals surface area contributed by atoms with Gasteiger partial charge in [0, 0.05) is 13.3 Å². The molecule has 1 aromatic heterocycles. The molecule has 0 aliphatic rings. The van der Waals surface area contributed by atoms with Gasteiger partial charge in [-0.2, -0.15) is 5.10 Å². The third-order valence-corrected chi connectivity index (χ3v) is 4.02. The summed E-state index contributed by atoms with van der Waals surface area (Å²) in [5.41, 5.74) is 1.20. The fourth-order valence-electron chi connectivity index (χ4n) is 2.02. The van der Waals surface area contributed by atoms with E-state index in [1.807, 2.05) is 14.0 Å². The van der Waals surface area contributed by atoms with Crippen LogP contribution in [0.5, 0.6) is 0 Å². The summed E-state index contributed by atoms with van der Waals surface area (Å²) in [7, 11) is 2.03. The van der Waals surface area contributed by atoms with E-state index in [9.17, 15) is 0 Å². The third-order valence-electron chi connectivity index (χ3n) is 2.94. The molecule has 0 atom stereocenters. The van der Waals surface area contributed by atoms with Gasteiger partial charge in [0.2, 0.25) is 4.80 Å². The van der Waals surface area contributed by atoms with Crippen LogP contribution in [0.25, 0.3) is 21.0 Å². The number of thiazole rings is 1. The lowest BCUT2D eigenvalue weighted by molar-refractivity contribution is 0.890. The highest BCUT2D eigenvalue weighted by Crippen LogP contribution is 2.24. The van der Waals surface area contributed by atoms with Crippen LogP contribution in [0, 0.1) is 0 Å². The van der Waals surface area contributed by atoms with Crippen molar-refractivity contribution in [3.05, 3.63) is 41.2 Å². The molecule has 2 aromatic carbocycles. The number of aromatic nitrogens is 1. The Bertz CT molecular complexity index is 809. The molecule has 0 spiro atoms. The standard InChI is InChI=1S/C14H13N3S/c1-3-15-16-14-17(2)12-8-10-6-4-5-7-11(10)9-13(12)18-14/h3-9H,1-2H3/b15-3-,16-14-. The van der Waals surface area contributed by atoms with Gasteiger partial charge < -0.3 is 4.57 Å². The fourth-order valence-corrected chi connectivity index (χ4v) is 3.02. The Kier molecular flexibility index (Phi) is 2.72. The highest BCUT2D eigenvalue weighted by molar-refractivity contribution is 7.16. The first kappa shape index (κ1) is 11.2. The van der Waals surface area contributed by atoms with Gasteiger partial charge in [0.25, 0.3) is 0 Å². The van der Waals surface area contributed by atoms with E-state index >= 15 is 0 Å². The van der Waals surface area contributed by atoms with Gasteiger partial charge in [-0.05, 0) is 29.8 Å². The van der Waals surface area contributed by atoms with E-state index in [4.69, 9.17) is 0 Å². The predicted octanol–water partition coefficient (Wildman–Crippen LogP) is 3.30. The van der Waals surface area contributed by atoms with Gasteiger partial charge in [-0.15, -0.1) is 5.10 Å². The number of nitrogens with zero attached hydrogens (tertiary/aromatic N) is 3. The van der Waals surface area contributed by atoms with Crippen LogP contribution in [0.3, 0.4) is 0 Å². The molecular weight excluding hydrogens is 242 g/mol. The molecule has 0 saturated heterocycles. The van der Waals surface area contributed by atoms with Crippen LogP contribution in [0.1, 0.15) is 6.92 Å². The molecule has 1 heterocycles. The van der Waals surface area contributed by atoms with Crippen molar-refractivity contribution in [2.45, 2.75) is 6.92 Å². The predicted molar refractivity (Wildman–Crippen MR) is 78.0 cm³/mol. The number of fused-ring (bicyclic) bond motifs is 2. The second-order valence-corrected chi connectivity index (χ2v) is 5.09. The zero-order valence-electron chi connectivity index (χ0n) is 10.3. The molecule has 18 heavy (non-hydrogen) atoms. The van der Waals surface area contributed by atoms with Crippen LogP contribution in [0.2, 0.25) is 0 Å². The van der Waals surface area contributed by atoms with Crippen LogP contribution in [0.4, 0.5) is 0 Å². The van der Waals surface area contributed by atoms with E-state index < -0.39 is 0 Å². The van der Waals surface area contributed by atoms with E-state index in [0.717, 1.165) is 4.80 Å². The molecule has 90 valence electrons. The van der Waals surface area contributed by atoms with Crippen molar-refractivity contribution < 1.29 is 0 Å². The van der Waals surface area contributed by atoms with Crippen LogP contribution in [-0.4, -0.2) is 10.8 Å². The largest absolute Gasteiger partial charge is 0.318 e. The third kappa shape index (κ3) is 1.75. The molecule has 0 amide bonds. The van der Waals surface area contributed by atoms with Crippen molar-refractivity contribution >= 4 is 38.5 Å². The Morgan fingerprint density at radius 3 is 2.61 bits per heavy atom. The molecule has 0 bridgehead atoms. The van der Waals surface area contributed by atoms with Crippen molar-refractivity contribution in [1.82, 2.24) is 4.57 Å². The average Bonchev–Trinajstić information content (AvgIpc) is 2.70. The quantitative estimate of drug-likeness (QED) is 0.472. The maximum atomic E-state index is 4.20. The zero-order chi connectivity index (χ0) is 12.5. The molecule has 3 rings (SSSR count). The molecule has 0 aliphatic carbocycles. The first-order valence-electron chi connectivity index (χ1n) is 5.79. The molecule has 0 radical (unpaired) electrons. The molecule has 3 nitrogen and oxygen atoms in total. The lowest BCUT2D eigenvalue weighted by Gasteiger charge is -1.99. The van der Waals surface area contributed by atoms with Gasteiger partial charge in [-0.25, -0.2) is 0 Å². The molecule has 0 fully saturated rings. The summed E-state index contributed by atoms with van der Waals surface area (Å²) in [6, 6.07) is 12.8. The minimum Gasteiger partial charge on any atom is -0.318 e. The number of benzene rings is 2. The number of hydrogen-bond donors (Lipinski definition) is 0. The number of hydrogen-bond acceptors (Lipinski definition) is 3. The smallest absolute Gasteiger partial charge is 0.211 e. The Balaban J connectivity index is 2.39. The lowest BCUT2D eigenvalue weighted by atomic mass is 10.1. The van der Waals surface area contributed by atoms with Gasteiger partial charge in [0.05, 0.1) is 10.2 Å². The van der Waals surface area contributed by atoms with Gasteiger partial charge in [0.15, 0.2) is 0 Å². The van der Waals surface area contributed by atoms with Crippen molar-refractivity contribution in [2.75, 3.05) is 0 Å². The molecule has 3 aromatic rings. The summed E-state index contributed by atoms with van der Waals surface area (Å²) in [6.07, 6.45) is 1.70. The highest BCUT2D eigenvalue weighted by Gasteiger charge is 2.04. The molecule has 4 heteroatoms. The summed E-state index contributed by atoms with van der Waals surface area (Å²) in [6.45, 7) is 1.87. The van der Waals surface area contributed by atoms with Crippen LogP contribution in [-0.2, 0) is 7.05 Å². The first-order chi connectivity index (χ1) is 8.79. The van der Waals surface area contributed by atoms with Crippen LogP contribution in [0.15, 0.2) is 46.6 Å². The molecule has 0 aliphatic heterocycles. The second kappa shape index (κ2) is 4.38. The lowest BCUT2D eigenvalue weighted by Crippen LogP contribution is -2.08. The SMILES string of the molecule is C/C=N\N=c1/sc2cc3ccccc3cc2n1C. The van der Waals surface area contributed by atoms with E-state index in [0.29, 0.717) is 0 Å². The van der Waals surface area contributed by atoms with Crippen LogP contribution < -0.4 is 4.80 Å². The molecule has 0 unspecified atom stereocenters. The van der Waals surface area contributed by atoms with Crippen molar-refractivity contribution in [3.63, 3.8) is 0 Å². The summed E-state index contributed by atoms with van der Waals surface area (Å²) < 4.78 is 3.32. The van der Waals surface area contributed by atoms with Crippen molar-refractivity contribution in [2.24, 2.45) is 17.3 Å². The van der Waals surface area contributed by atoms with Crippen molar-refractivity contribution in [1.29, 1.82) is 0 Å². The van der Waals surface area contributed by atoms with E-state index in [2.05, 4.69) is 51.2 Å². The summed E-state index contributed by atoms with van der Waals surface area (Å²) in [5.74, 6) is 0. The minimum atomic E-state index is 0.915. The van der Waals surface area contributed by atoms with Crippen molar-refractivity contribution in [3.8, 4) is 0 Å². The Labute approximate surface area is 109 Å². The number of aryl methyl sites for hydroxylation is 1. The van der Waals surface area contributed by atoms with Gasteiger partial charge in [0.1, 0.15) is 0 Å². The van der Waals surface area contributed by atoms with E-state index in [-0.39, 0.29) is 0 Å². The summed E-state index contributed by atoms with van der Waals surface area (Å²) in [5, 5.41) is 10.7. The van der Waals surface area contributed by atoms with Gasteiger partial charge in [-0.3, -0.25) is 0 Å². The van der Waals surface area contributed by atoms with Gasteiger partial charge in [-0.1, -0.05) is 35.6 Å². The van der Waals surface area contributed by atoms with Gasteiger partial charge >= 0.3 is 0 Å². The maximum Gasteiger partial charge on any atom is 0.211 e. The second-order valence-electron chi connectivity index (χ2n) is 4.08. The van der Waals surface area contributed by atoms with E-state index in [1.165, 1.54) is 21.0 Å². The van der Waals surface area contributed by atoms with Crippen LogP contribution >= 0.6 is 11.3 Å². The maximum absolute atomic E-state index is 4.20. The normalized spacial score (nSPS) is 13.1. The fraction of sp³-hybridized carbons (Fsp3) is 0.143. The summed E-state index contributed by atoms with van der Waals surface area (Å²) >= 11 is 1.66. The topological polar surface area (TPSA) is 29.6 Å². The zero-order valence-corrected chi connectivity index (χ0v) is 11.1. The molecule has 0 N–H and O–H groups in total. The molecular formula is C14H13N3S. The number of rotatable bonds is 1. The highest BCUT2D eigenvalue weighted by atomic mass is 32.1. The minimum absolute atomic E-state index is 0.915. The monoisotopic (exact) mass is 255 g/mol. The summed E-state index contributed by atoms with van der Waals surface area (Å²) in [4.78, 5) is 0.915. The van der Waals surface area contributed by atoms with E-state index in [1.54, 1.807) is 17.6 Å². The first-order valence-corrected chi connectivity index (χ1v) is 6.61. The Morgan fingerprint density at radius 1 is 1.17 bits per heavy atom.